The second-order valence-corrected chi connectivity index (χ2v) is 9.62. The molecule has 3 aromatic carbocycles. The van der Waals surface area contributed by atoms with Crippen LogP contribution in [0, 0.1) is 0 Å². The molecule has 0 fully saturated rings. The molecule has 0 spiro atoms. The predicted molar refractivity (Wildman–Crippen MR) is 138 cm³/mol. The predicted octanol–water partition coefficient (Wildman–Crippen LogP) is 7.96. The van der Waals surface area contributed by atoms with Crippen LogP contribution >= 0.6 is 0 Å². The van der Waals surface area contributed by atoms with E-state index in [0.29, 0.717) is 0 Å². The molecule has 1 aromatic heterocycles. The van der Waals surface area contributed by atoms with Gasteiger partial charge in [0.15, 0.2) is 0 Å². The van der Waals surface area contributed by atoms with Crippen molar-refractivity contribution in [1.29, 1.82) is 0 Å². The summed E-state index contributed by atoms with van der Waals surface area (Å²) in [6, 6.07) is 26.7. The molecule has 3 nitrogen and oxygen atoms in total. The van der Waals surface area contributed by atoms with E-state index in [1.54, 1.807) is 6.20 Å². The summed E-state index contributed by atoms with van der Waals surface area (Å²) < 4.78 is 0.835. The summed E-state index contributed by atoms with van der Waals surface area (Å²) >= 11 is 3.79. The van der Waals surface area contributed by atoms with Gasteiger partial charge in [-0.2, -0.15) is 0 Å². The standard InChI is InChI=1S/C17H20N2.C12H10N.Fe/c1-13(14-6-5-11-18-12-14)19-16-9-7-15(8-10-16)17(2,3)4;1-2-13-12-9-5-7-10-6-3-4-8-11(10)12;/h5-12H,1-4H3;3-9H,1H3;. The molecule has 0 aliphatic carbocycles. The molecule has 169 valence electrons. The van der Waals surface area contributed by atoms with Crippen LogP contribution in [0.4, 0.5) is 11.4 Å². The molecule has 4 heteroatoms. The molecule has 0 atom stereocenters. The first-order valence-electron chi connectivity index (χ1n) is 11.0. The number of aromatic nitrogens is 1. The first-order chi connectivity index (χ1) is 15.7. The number of fused-ring (bicyclic) bond motifs is 1. The Morgan fingerprint density at radius 1 is 0.788 bits per heavy atom. The minimum absolute atomic E-state index is 0.181. The van der Waals surface area contributed by atoms with Crippen molar-refractivity contribution in [3.05, 3.63) is 102 Å². The van der Waals surface area contributed by atoms with E-state index in [2.05, 4.69) is 94.2 Å². The van der Waals surface area contributed by atoms with Gasteiger partial charge in [0.2, 0.25) is 0 Å². The van der Waals surface area contributed by atoms with Crippen molar-refractivity contribution >= 4 is 32.5 Å². The molecule has 0 saturated carbocycles. The third-order valence-corrected chi connectivity index (χ3v) is 5.27. The number of hydrogen-bond acceptors (Lipinski definition) is 3. The van der Waals surface area contributed by atoms with Crippen LogP contribution in [0.2, 0.25) is 0 Å². The van der Waals surface area contributed by atoms with E-state index in [4.69, 9.17) is 0 Å². The third kappa shape index (κ3) is 7.21. The molecule has 0 aliphatic rings. The molecule has 0 radical (unpaired) electrons. The molecule has 4 rings (SSSR count). The van der Waals surface area contributed by atoms with Crippen molar-refractivity contribution < 1.29 is 16.0 Å². The van der Waals surface area contributed by atoms with Crippen LogP contribution < -0.4 is 0 Å². The van der Waals surface area contributed by atoms with E-state index < -0.39 is 0 Å². The molecule has 0 aliphatic heterocycles. The fourth-order valence-corrected chi connectivity index (χ4v) is 3.47. The third-order valence-electron chi connectivity index (χ3n) is 5.15. The Morgan fingerprint density at radius 3 is 2.12 bits per heavy atom. The molecule has 0 saturated heterocycles. The Morgan fingerprint density at radius 2 is 1.48 bits per heavy atom. The summed E-state index contributed by atoms with van der Waals surface area (Å²) in [5, 5.41) is 2.40. The Labute approximate surface area is 205 Å². The van der Waals surface area contributed by atoms with Crippen LogP contribution in [0.5, 0.6) is 0 Å². The van der Waals surface area contributed by atoms with Gasteiger partial charge in [-0.1, -0.05) is 39.0 Å². The van der Waals surface area contributed by atoms with Gasteiger partial charge in [0.05, 0.1) is 5.69 Å². The number of hydrogen-bond donors (Lipinski definition) is 0. The van der Waals surface area contributed by atoms with Gasteiger partial charge >= 0.3 is 91.5 Å². The molecule has 1 heterocycles. The van der Waals surface area contributed by atoms with E-state index in [0.717, 1.165) is 27.3 Å². The normalized spacial score (nSPS) is 12.3. The topological polar surface area (TPSA) is 37.6 Å². The van der Waals surface area contributed by atoms with E-state index in [-0.39, 0.29) is 5.41 Å². The molecule has 0 unspecified atom stereocenters. The summed E-state index contributed by atoms with van der Waals surface area (Å²) in [5.41, 5.74) is 5.52. The summed E-state index contributed by atoms with van der Waals surface area (Å²) in [6.45, 7) is 10.6. The monoisotopic (exact) mass is 476 g/mol. The van der Waals surface area contributed by atoms with Crippen LogP contribution in [0.25, 0.3) is 10.8 Å². The van der Waals surface area contributed by atoms with Crippen molar-refractivity contribution in [2.45, 2.75) is 40.0 Å². The number of benzene rings is 3. The van der Waals surface area contributed by atoms with E-state index in [1.165, 1.54) is 16.3 Å². The van der Waals surface area contributed by atoms with Crippen molar-refractivity contribution in [2.75, 3.05) is 0 Å². The second-order valence-electron chi connectivity index (χ2n) is 8.83. The van der Waals surface area contributed by atoms with Crippen molar-refractivity contribution in [1.82, 2.24) is 4.98 Å². The van der Waals surface area contributed by atoms with Gasteiger partial charge in [0, 0.05) is 23.7 Å². The average Bonchev–Trinajstić information content (AvgIpc) is 2.80. The Hall–Kier alpha value is -3.07. The fraction of sp³-hybridized carbons (Fsp3) is 0.207. The molecule has 0 N–H and O–H groups in total. The zero-order chi connectivity index (χ0) is 23.8. The zero-order valence-electron chi connectivity index (χ0n) is 19.9. The van der Waals surface area contributed by atoms with Gasteiger partial charge in [0.1, 0.15) is 0 Å². The van der Waals surface area contributed by atoms with Gasteiger partial charge < -0.3 is 0 Å². The van der Waals surface area contributed by atoms with E-state index in [1.807, 2.05) is 56.4 Å². The van der Waals surface area contributed by atoms with E-state index in [9.17, 15) is 0 Å². The number of rotatable bonds is 3. The summed E-state index contributed by atoms with van der Waals surface area (Å²) in [7, 11) is 0. The van der Waals surface area contributed by atoms with Crippen LogP contribution in [-0.4, -0.2) is 15.3 Å². The van der Waals surface area contributed by atoms with Crippen LogP contribution in [0.1, 0.15) is 45.7 Å². The van der Waals surface area contributed by atoms with Gasteiger partial charge in [0.25, 0.3) is 0 Å². The van der Waals surface area contributed by atoms with Gasteiger partial charge in [-0.25, -0.2) is 0 Å². The van der Waals surface area contributed by atoms with Crippen LogP contribution in [-0.2, 0) is 21.4 Å². The summed E-state index contributed by atoms with van der Waals surface area (Å²) in [5.74, 6) is 0. The van der Waals surface area contributed by atoms with Crippen LogP contribution in [0.15, 0.2) is 101 Å². The number of pyridine rings is 1. The minimum atomic E-state index is 0.181. The Kier molecular flexibility index (Phi) is 8.32. The molecule has 0 amide bonds. The maximum absolute atomic E-state index is 4.63. The van der Waals surface area contributed by atoms with Crippen LogP contribution in [0.3, 0.4) is 0 Å². The first-order valence-corrected chi connectivity index (χ1v) is 11.5. The Balaban J connectivity index is 0.000000194. The number of nitrogens with zero attached hydrogens (tertiary/aromatic N) is 3. The van der Waals surface area contributed by atoms with Crippen molar-refractivity contribution in [2.24, 2.45) is 9.98 Å². The SMILES string of the molecule is CC(=Nc1ccc(C(C)(C)C)cc1)c1cccnc1.C[C]([Fe])=Nc1cccc2ccccc12. The molecular formula is C29H30FeN3. The summed E-state index contributed by atoms with van der Waals surface area (Å²) in [4.78, 5) is 13.1. The van der Waals surface area contributed by atoms with Gasteiger partial charge in [-0.3, -0.25) is 9.98 Å². The fourth-order valence-electron chi connectivity index (χ4n) is 3.34. The van der Waals surface area contributed by atoms with E-state index >= 15 is 0 Å². The quantitative estimate of drug-likeness (QED) is 0.218. The Bertz CT molecular complexity index is 1240. The van der Waals surface area contributed by atoms with Crippen molar-refractivity contribution in [3.8, 4) is 0 Å². The van der Waals surface area contributed by atoms with Crippen molar-refractivity contribution in [3.63, 3.8) is 0 Å². The molecular weight excluding hydrogens is 446 g/mol. The zero-order valence-corrected chi connectivity index (χ0v) is 21.0. The van der Waals surface area contributed by atoms with Gasteiger partial charge in [-0.15, -0.1) is 0 Å². The second kappa shape index (κ2) is 11.2. The molecule has 33 heavy (non-hydrogen) atoms. The number of aliphatic imine (C=N–C) groups is 2. The molecule has 0 bridgehead atoms. The van der Waals surface area contributed by atoms with Gasteiger partial charge in [-0.05, 0) is 36.1 Å². The first kappa shape index (κ1) is 24.6. The molecule has 4 aromatic rings. The summed E-state index contributed by atoms with van der Waals surface area (Å²) in [6.07, 6.45) is 3.61. The maximum atomic E-state index is 4.63. The average molecular weight is 476 g/mol.